The Labute approximate surface area is 181 Å². The van der Waals surface area contributed by atoms with Crippen LogP contribution in [0.5, 0.6) is 0 Å². The monoisotopic (exact) mass is 415 g/mol. The summed E-state index contributed by atoms with van der Waals surface area (Å²) in [5.41, 5.74) is 5.23. The highest BCUT2D eigenvalue weighted by molar-refractivity contribution is 7.99. The molecule has 6 heteroatoms. The lowest BCUT2D eigenvalue weighted by Gasteiger charge is -2.22. The van der Waals surface area contributed by atoms with Gasteiger partial charge in [-0.2, -0.15) is 0 Å². The van der Waals surface area contributed by atoms with E-state index in [1.165, 1.54) is 9.79 Å². The van der Waals surface area contributed by atoms with Gasteiger partial charge in [-0.15, -0.1) is 0 Å². The molecule has 3 aromatic rings. The number of nitrogens with zero attached hydrogens (tertiary/aromatic N) is 4. The van der Waals surface area contributed by atoms with E-state index in [-0.39, 0.29) is 0 Å². The Kier molecular flexibility index (Phi) is 5.19. The number of nitrogens with one attached hydrogen (secondary N) is 1. The average Bonchev–Trinajstić information content (AvgIpc) is 3.01. The summed E-state index contributed by atoms with van der Waals surface area (Å²) in [4.78, 5) is 16.4. The van der Waals surface area contributed by atoms with Crippen LogP contribution in [0.4, 0.5) is 17.3 Å². The van der Waals surface area contributed by atoms with Gasteiger partial charge in [0.2, 0.25) is 5.95 Å². The minimum Gasteiger partial charge on any atom is -0.354 e. The number of anilines is 3. The van der Waals surface area contributed by atoms with E-state index in [4.69, 9.17) is 0 Å². The Morgan fingerprint density at radius 3 is 2.60 bits per heavy atom. The fourth-order valence-electron chi connectivity index (χ4n) is 3.88. The first-order valence-corrected chi connectivity index (χ1v) is 11.1. The standard InChI is InChI=1S/C24H25N5S/c1-17(19-15-25-24(26-16-19)29-11-5-10-28(2)12-13-29)18-8-9-23-21(14-18)27-20-6-3-4-7-22(20)30-23/h3-4,6-9,14-16,27H,1,5,10-13H2,2H3. The topological polar surface area (TPSA) is 44.3 Å². The molecule has 30 heavy (non-hydrogen) atoms. The van der Waals surface area contributed by atoms with Crippen molar-refractivity contribution < 1.29 is 0 Å². The van der Waals surface area contributed by atoms with Gasteiger partial charge in [0.15, 0.2) is 0 Å². The molecule has 5 rings (SSSR count). The molecule has 1 N–H and O–H groups in total. The predicted molar refractivity (Wildman–Crippen MR) is 125 cm³/mol. The van der Waals surface area contributed by atoms with Crippen LogP contribution in [0, 0.1) is 0 Å². The van der Waals surface area contributed by atoms with E-state index in [9.17, 15) is 0 Å². The van der Waals surface area contributed by atoms with Gasteiger partial charge in [0.05, 0.1) is 11.4 Å². The molecule has 1 saturated heterocycles. The summed E-state index contributed by atoms with van der Waals surface area (Å²) in [6, 6.07) is 14.8. The third-order valence-corrected chi connectivity index (χ3v) is 6.85. The molecular formula is C24H25N5S. The zero-order valence-electron chi connectivity index (χ0n) is 17.1. The molecule has 2 aliphatic heterocycles. The first kappa shape index (κ1) is 19.2. The SMILES string of the molecule is C=C(c1cnc(N2CCCN(C)CC2)nc1)c1ccc2c(c1)Nc1ccccc1S2. The first-order valence-electron chi connectivity index (χ1n) is 10.3. The van der Waals surface area contributed by atoms with Crippen LogP contribution in [0.3, 0.4) is 0 Å². The Morgan fingerprint density at radius 1 is 0.933 bits per heavy atom. The highest BCUT2D eigenvalue weighted by Gasteiger charge is 2.17. The molecule has 0 unspecified atom stereocenters. The molecular weight excluding hydrogens is 390 g/mol. The van der Waals surface area contributed by atoms with E-state index in [1.54, 1.807) is 11.8 Å². The second-order valence-electron chi connectivity index (χ2n) is 7.83. The Hall–Kier alpha value is -2.83. The van der Waals surface area contributed by atoms with Gasteiger partial charge in [-0.05, 0) is 55.4 Å². The number of aromatic nitrogens is 2. The van der Waals surface area contributed by atoms with Crippen LogP contribution in [0.2, 0.25) is 0 Å². The molecule has 0 bridgehead atoms. The largest absolute Gasteiger partial charge is 0.354 e. The summed E-state index contributed by atoms with van der Waals surface area (Å²) in [5, 5.41) is 3.54. The fourth-order valence-corrected chi connectivity index (χ4v) is 4.85. The van der Waals surface area contributed by atoms with Gasteiger partial charge in [0.25, 0.3) is 0 Å². The fraction of sp³-hybridized carbons (Fsp3) is 0.250. The van der Waals surface area contributed by atoms with Crippen molar-refractivity contribution in [3.05, 3.63) is 72.6 Å². The average molecular weight is 416 g/mol. The van der Waals surface area contributed by atoms with Crippen molar-refractivity contribution in [2.45, 2.75) is 16.2 Å². The third-order valence-electron chi connectivity index (χ3n) is 5.69. The van der Waals surface area contributed by atoms with Crippen molar-refractivity contribution in [1.29, 1.82) is 0 Å². The van der Waals surface area contributed by atoms with E-state index in [1.807, 2.05) is 12.4 Å². The van der Waals surface area contributed by atoms with Gasteiger partial charge in [-0.1, -0.05) is 36.5 Å². The number of para-hydroxylation sites is 1. The minimum absolute atomic E-state index is 0.807. The van der Waals surface area contributed by atoms with E-state index in [2.05, 4.69) is 81.2 Å². The number of hydrogen-bond donors (Lipinski definition) is 1. The molecule has 0 aliphatic carbocycles. The molecule has 0 spiro atoms. The Balaban J connectivity index is 1.34. The lowest BCUT2D eigenvalue weighted by Crippen LogP contribution is -2.30. The van der Waals surface area contributed by atoms with Crippen LogP contribution in [0.15, 0.2) is 71.2 Å². The molecule has 3 heterocycles. The third kappa shape index (κ3) is 3.80. The molecule has 1 fully saturated rings. The normalized spacial score (nSPS) is 16.2. The Bertz CT molecular complexity index is 1080. The van der Waals surface area contributed by atoms with Crippen molar-refractivity contribution in [1.82, 2.24) is 14.9 Å². The lowest BCUT2D eigenvalue weighted by molar-refractivity contribution is 0.360. The number of hydrogen-bond acceptors (Lipinski definition) is 6. The van der Waals surface area contributed by atoms with Crippen LogP contribution >= 0.6 is 11.8 Å². The summed E-state index contributed by atoms with van der Waals surface area (Å²) < 4.78 is 0. The number of fused-ring (bicyclic) bond motifs is 2. The summed E-state index contributed by atoms with van der Waals surface area (Å²) in [6.07, 6.45) is 4.93. The van der Waals surface area contributed by atoms with Gasteiger partial charge in [-0.3, -0.25) is 0 Å². The second-order valence-corrected chi connectivity index (χ2v) is 8.91. The zero-order valence-corrected chi connectivity index (χ0v) is 18.0. The van der Waals surface area contributed by atoms with Crippen molar-refractivity contribution in [3.63, 3.8) is 0 Å². The highest BCUT2D eigenvalue weighted by atomic mass is 32.2. The summed E-state index contributed by atoms with van der Waals surface area (Å²) in [7, 11) is 2.17. The zero-order chi connectivity index (χ0) is 20.5. The maximum absolute atomic E-state index is 4.65. The maximum atomic E-state index is 4.65. The maximum Gasteiger partial charge on any atom is 0.225 e. The minimum atomic E-state index is 0.807. The van der Waals surface area contributed by atoms with Crippen molar-refractivity contribution in [2.24, 2.45) is 0 Å². The van der Waals surface area contributed by atoms with Crippen molar-refractivity contribution in [3.8, 4) is 0 Å². The molecule has 2 aliphatic rings. The van der Waals surface area contributed by atoms with E-state index in [0.29, 0.717) is 0 Å². The van der Waals surface area contributed by atoms with Crippen LogP contribution in [-0.2, 0) is 0 Å². The van der Waals surface area contributed by atoms with Crippen LogP contribution in [-0.4, -0.2) is 48.1 Å². The van der Waals surface area contributed by atoms with Gasteiger partial charge in [0.1, 0.15) is 0 Å². The van der Waals surface area contributed by atoms with E-state index >= 15 is 0 Å². The molecule has 2 aromatic carbocycles. The Morgan fingerprint density at radius 2 is 1.73 bits per heavy atom. The molecule has 0 saturated carbocycles. The number of rotatable bonds is 3. The lowest BCUT2D eigenvalue weighted by atomic mass is 10.0. The van der Waals surface area contributed by atoms with Gasteiger partial charge in [0, 0.05) is 47.4 Å². The van der Waals surface area contributed by atoms with Crippen molar-refractivity contribution in [2.75, 3.05) is 43.4 Å². The van der Waals surface area contributed by atoms with Gasteiger partial charge >= 0.3 is 0 Å². The number of benzene rings is 2. The first-order chi connectivity index (χ1) is 14.7. The molecule has 0 amide bonds. The van der Waals surface area contributed by atoms with Gasteiger partial charge < -0.3 is 15.1 Å². The van der Waals surface area contributed by atoms with E-state index in [0.717, 1.165) is 66.6 Å². The highest BCUT2D eigenvalue weighted by Crippen LogP contribution is 2.44. The second kappa shape index (κ2) is 8.13. The van der Waals surface area contributed by atoms with Crippen LogP contribution < -0.4 is 10.2 Å². The molecule has 5 nitrogen and oxygen atoms in total. The predicted octanol–water partition coefficient (Wildman–Crippen LogP) is 4.89. The van der Waals surface area contributed by atoms with Gasteiger partial charge in [-0.25, -0.2) is 9.97 Å². The molecule has 0 atom stereocenters. The summed E-state index contributed by atoms with van der Waals surface area (Å²) >= 11 is 1.79. The summed E-state index contributed by atoms with van der Waals surface area (Å²) in [5.74, 6) is 0.807. The molecule has 0 radical (unpaired) electrons. The molecule has 152 valence electrons. The van der Waals surface area contributed by atoms with Crippen LogP contribution in [0.1, 0.15) is 17.5 Å². The summed E-state index contributed by atoms with van der Waals surface area (Å²) in [6.45, 7) is 8.45. The quantitative estimate of drug-likeness (QED) is 0.514. The smallest absolute Gasteiger partial charge is 0.225 e. The van der Waals surface area contributed by atoms with Crippen molar-refractivity contribution >= 4 is 34.7 Å². The van der Waals surface area contributed by atoms with E-state index < -0.39 is 0 Å². The molecule has 1 aromatic heterocycles. The van der Waals surface area contributed by atoms with Crippen LogP contribution in [0.25, 0.3) is 5.57 Å². The number of likely N-dealkylation sites (N-methyl/N-ethyl adjacent to an activating group) is 1.